The Kier molecular flexibility index (Phi) is 4.83. The molecular formula is C20H15Cl2N3O3. The summed E-state index contributed by atoms with van der Waals surface area (Å²) in [6, 6.07) is 13.8. The molecule has 0 aliphatic carbocycles. The first-order valence-corrected chi connectivity index (χ1v) is 9.31. The van der Waals surface area contributed by atoms with Crippen molar-refractivity contribution in [2.75, 3.05) is 6.61 Å². The Labute approximate surface area is 169 Å². The SMILES string of the molecule is CC1C(=O)N=c2[nH]n(-c3ccccc3Cl)c(=O)c2=C1COc1ccc(Cl)cc1. The van der Waals surface area contributed by atoms with E-state index in [0.717, 1.165) is 0 Å². The van der Waals surface area contributed by atoms with Crippen molar-refractivity contribution in [2.24, 2.45) is 10.9 Å². The molecule has 1 aliphatic heterocycles. The van der Waals surface area contributed by atoms with Crippen LogP contribution in [0.4, 0.5) is 0 Å². The number of para-hydroxylation sites is 1. The molecule has 0 radical (unpaired) electrons. The first kappa shape index (κ1) is 18.5. The van der Waals surface area contributed by atoms with E-state index in [0.29, 0.717) is 32.3 Å². The number of hydrogen-bond acceptors (Lipinski definition) is 3. The summed E-state index contributed by atoms with van der Waals surface area (Å²) >= 11 is 12.1. The number of rotatable bonds is 4. The fraction of sp³-hybridized carbons (Fsp3) is 0.150. The van der Waals surface area contributed by atoms with Gasteiger partial charge in [-0.05, 0) is 48.9 Å². The Bertz CT molecular complexity index is 1240. The number of carbonyl (C=O) groups excluding carboxylic acids is 1. The van der Waals surface area contributed by atoms with Crippen LogP contribution in [-0.4, -0.2) is 22.3 Å². The van der Waals surface area contributed by atoms with Gasteiger partial charge in [-0.25, -0.2) is 4.68 Å². The van der Waals surface area contributed by atoms with Gasteiger partial charge in [0.15, 0.2) is 5.49 Å². The molecule has 142 valence electrons. The van der Waals surface area contributed by atoms with Crippen molar-refractivity contribution >= 4 is 34.7 Å². The van der Waals surface area contributed by atoms with Crippen LogP contribution in [0.2, 0.25) is 10.0 Å². The Morgan fingerprint density at radius 1 is 1.11 bits per heavy atom. The summed E-state index contributed by atoms with van der Waals surface area (Å²) in [5.74, 6) is -0.319. The number of nitrogens with zero attached hydrogens (tertiary/aromatic N) is 2. The van der Waals surface area contributed by atoms with E-state index in [2.05, 4.69) is 10.1 Å². The molecule has 1 atom stereocenters. The molecule has 1 aromatic heterocycles. The number of carbonyl (C=O) groups is 1. The van der Waals surface area contributed by atoms with E-state index < -0.39 is 5.92 Å². The van der Waals surface area contributed by atoms with Gasteiger partial charge in [-0.1, -0.05) is 35.3 Å². The van der Waals surface area contributed by atoms with Crippen LogP contribution in [0.1, 0.15) is 6.92 Å². The van der Waals surface area contributed by atoms with E-state index in [-0.39, 0.29) is 23.6 Å². The smallest absolute Gasteiger partial charge is 0.280 e. The Hall–Kier alpha value is -2.83. The van der Waals surface area contributed by atoms with E-state index in [4.69, 9.17) is 27.9 Å². The average molecular weight is 416 g/mol. The molecule has 1 N–H and O–H groups in total. The molecule has 8 heteroatoms. The van der Waals surface area contributed by atoms with Crippen molar-refractivity contribution in [3.05, 3.63) is 79.6 Å². The highest BCUT2D eigenvalue weighted by molar-refractivity contribution is 6.32. The number of aromatic amines is 1. The lowest BCUT2D eigenvalue weighted by Crippen LogP contribution is -2.44. The molecule has 2 heterocycles. The quantitative estimate of drug-likeness (QED) is 0.710. The van der Waals surface area contributed by atoms with Gasteiger partial charge in [0.1, 0.15) is 12.4 Å². The van der Waals surface area contributed by atoms with Crippen molar-refractivity contribution in [3.8, 4) is 11.4 Å². The number of hydrogen-bond donors (Lipinski definition) is 1. The molecule has 1 amide bonds. The van der Waals surface area contributed by atoms with Crippen molar-refractivity contribution < 1.29 is 9.53 Å². The van der Waals surface area contributed by atoms with E-state index in [9.17, 15) is 9.59 Å². The molecule has 0 fully saturated rings. The number of benzene rings is 2. The van der Waals surface area contributed by atoms with Gasteiger partial charge in [0.2, 0.25) is 0 Å². The fourth-order valence-corrected chi connectivity index (χ4v) is 3.41. The van der Waals surface area contributed by atoms with Crippen LogP contribution < -0.4 is 21.0 Å². The van der Waals surface area contributed by atoms with Crippen LogP contribution >= 0.6 is 23.2 Å². The third-order valence-corrected chi connectivity index (χ3v) is 5.18. The van der Waals surface area contributed by atoms with Crippen LogP contribution in [-0.2, 0) is 4.79 Å². The second kappa shape index (κ2) is 7.30. The molecule has 2 aromatic carbocycles. The topological polar surface area (TPSA) is 76.5 Å². The predicted octanol–water partition coefficient (Wildman–Crippen LogP) is 2.50. The van der Waals surface area contributed by atoms with Gasteiger partial charge in [0, 0.05) is 5.02 Å². The van der Waals surface area contributed by atoms with Crippen LogP contribution in [0, 0.1) is 5.92 Å². The lowest BCUT2D eigenvalue weighted by molar-refractivity contribution is -0.120. The number of halogens is 2. The molecule has 6 nitrogen and oxygen atoms in total. The van der Waals surface area contributed by atoms with Gasteiger partial charge < -0.3 is 4.74 Å². The average Bonchev–Trinajstić information content (AvgIpc) is 3.00. The Morgan fingerprint density at radius 2 is 1.82 bits per heavy atom. The van der Waals surface area contributed by atoms with E-state index in [1.54, 1.807) is 55.5 Å². The van der Waals surface area contributed by atoms with Gasteiger partial charge >= 0.3 is 0 Å². The largest absolute Gasteiger partial charge is 0.489 e. The highest BCUT2D eigenvalue weighted by Crippen LogP contribution is 2.20. The molecule has 0 spiro atoms. The first-order valence-electron chi connectivity index (χ1n) is 8.55. The van der Waals surface area contributed by atoms with Crippen LogP contribution in [0.15, 0.2) is 58.3 Å². The summed E-state index contributed by atoms with van der Waals surface area (Å²) in [6.07, 6.45) is 0. The maximum Gasteiger partial charge on any atom is 0.280 e. The van der Waals surface area contributed by atoms with Crippen LogP contribution in [0.3, 0.4) is 0 Å². The van der Waals surface area contributed by atoms with E-state index in [1.165, 1.54) is 4.68 Å². The molecular weight excluding hydrogens is 401 g/mol. The molecule has 28 heavy (non-hydrogen) atoms. The number of H-pyrrole nitrogens is 1. The summed E-state index contributed by atoms with van der Waals surface area (Å²) in [7, 11) is 0. The second-order valence-corrected chi connectivity index (χ2v) is 7.21. The summed E-state index contributed by atoms with van der Waals surface area (Å²) in [4.78, 5) is 29.5. The molecule has 0 saturated heterocycles. The summed E-state index contributed by atoms with van der Waals surface area (Å²) in [6.45, 7) is 1.79. The zero-order valence-electron chi connectivity index (χ0n) is 14.8. The predicted molar refractivity (Wildman–Crippen MR) is 107 cm³/mol. The number of fused-ring (bicyclic) bond motifs is 1. The van der Waals surface area contributed by atoms with Crippen molar-refractivity contribution in [1.29, 1.82) is 0 Å². The third-order valence-electron chi connectivity index (χ3n) is 4.61. The Balaban J connectivity index is 1.84. The highest BCUT2D eigenvalue weighted by Gasteiger charge is 2.26. The van der Waals surface area contributed by atoms with Crippen molar-refractivity contribution in [3.63, 3.8) is 0 Å². The molecule has 4 rings (SSSR count). The summed E-state index contributed by atoms with van der Waals surface area (Å²) < 4.78 is 7.09. The van der Waals surface area contributed by atoms with Crippen LogP contribution in [0.25, 0.3) is 11.3 Å². The van der Waals surface area contributed by atoms with Gasteiger partial charge in [-0.3, -0.25) is 14.7 Å². The first-order chi connectivity index (χ1) is 13.5. The number of amides is 1. The minimum atomic E-state index is -0.567. The minimum absolute atomic E-state index is 0.0761. The standard InChI is InChI=1S/C20H15Cl2N3O3/c1-11-14(10-28-13-8-6-12(21)7-9-13)17-18(23-19(11)26)24-25(20(17)27)16-5-3-2-4-15(16)22/h2-9,11H,10H2,1H3,(H,23,24,26). The van der Waals surface area contributed by atoms with Crippen molar-refractivity contribution in [2.45, 2.75) is 6.92 Å². The van der Waals surface area contributed by atoms with Gasteiger partial charge in [0.05, 0.1) is 21.8 Å². The molecule has 1 unspecified atom stereocenters. The normalized spacial score (nSPS) is 15.9. The maximum absolute atomic E-state index is 13.1. The van der Waals surface area contributed by atoms with E-state index >= 15 is 0 Å². The zero-order chi connectivity index (χ0) is 19.8. The Morgan fingerprint density at radius 3 is 2.54 bits per heavy atom. The highest BCUT2D eigenvalue weighted by atomic mass is 35.5. The fourth-order valence-electron chi connectivity index (χ4n) is 3.06. The summed E-state index contributed by atoms with van der Waals surface area (Å²) in [5, 5.41) is 4.22. The van der Waals surface area contributed by atoms with Gasteiger partial charge in [-0.2, -0.15) is 4.99 Å². The lowest BCUT2D eigenvalue weighted by atomic mass is 9.98. The molecule has 1 aliphatic rings. The van der Waals surface area contributed by atoms with E-state index in [1.807, 2.05) is 0 Å². The zero-order valence-corrected chi connectivity index (χ0v) is 16.3. The second-order valence-electron chi connectivity index (χ2n) is 6.37. The summed E-state index contributed by atoms with van der Waals surface area (Å²) in [5.41, 5.74) is 0.928. The minimum Gasteiger partial charge on any atom is -0.489 e. The third kappa shape index (κ3) is 3.25. The number of aromatic nitrogens is 2. The van der Waals surface area contributed by atoms with Gasteiger partial charge in [0.25, 0.3) is 11.5 Å². The molecule has 0 bridgehead atoms. The number of ether oxygens (including phenoxy) is 1. The maximum atomic E-state index is 13.1. The van der Waals surface area contributed by atoms with Gasteiger partial charge in [-0.15, -0.1) is 0 Å². The van der Waals surface area contributed by atoms with Crippen LogP contribution in [0.5, 0.6) is 5.75 Å². The molecule has 0 saturated carbocycles. The lowest BCUT2D eigenvalue weighted by Gasteiger charge is -2.15. The van der Waals surface area contributed by atoms with Crippen molar-refractivity contribution in [1.82, 2.24) is 9.78 Å². The number of nitrogens with one attached hydrogen (secondary N) is 1. The molecule has 3 aromatic rings. The monoisotopic (exact) mass is 415 g/mol.